The molecule has 0 bridgehead atoms. The van der Waals surface area contributed by atoms with Gasteiger partial charge in [-0.15, -0.1) is 0 Å². The van der Waals surface area contributed by atoms with Crippen molar-refractivity contribution in [3.05, 3.63) is 34.3 Å². The Morgan fingerprint density at radius 3 is 2.67 bits per heavy atom. The lowest BCUT2D eigenvalue weighted by molar-refractivity contribution is 0.0475. The molecule has 7 heteroatoms. The molecule has 0 unspecified atom stereocenters. The van der Waals surface area contributed by atoms with Crippen molar-refractivity contribution in [1.29, 1.82) is 0 Å². The highest BCUT2D eigenvalue weighted by Crippen LogP contribution is 2.24. The molecule has 0 aliphatic heterocycles. The number of rotatable bonds is 5. The van der Waals surface area contributed by atoms with E-state index in [4.69, 9.17) is 4.74 Å². The van der Waals surface area contributed by atoms with Crippen LogP contribution in [0, 0.1) is 20.8 Å². The van der Waals surface area contributed by atoms with E-state index in [1.54, 1.807) is 20.0 Å². The van der Waals surface area contributed by atoms with Crippen LogP contribution in [0.25, 0.3) is 0 Å². The molecular weight excluding hydrogens is 290 g/mol. The Bertz CT molecular complexity index is 688. The fourth-order valence-corrected chi connectivity index (χ4v) is 2.81. The van der Waals surface area contributed by atoms with Crippen LogP contribution < -0.4 is 5.32 Å². The zero-order chi connectivity index (χ0) is 15.6. The van der Waals surface area contributed by atoms with Gasteiger partial charge in [-0.1, -0.05) is 0 Å². The highest BCUT2D eigenvalue weighted by molar-refractivity contribution is 7.10. The number of nitrogens with zero attached hydrogens (tertiary/aromatic N) is 1. The van der Waals surface area contributed by atoms with E-state index in [-0.39, 0.29) is 12.4 Å². The molecule has 0 aromatic carbocycles. The van der Waals surface area contributed by atoms with Gasteiger partial charge in [0.1, 0.15) is 10.6 Å². The average molecular weight is 307 g/mol. The summed E-state index contributed by atoms with van der Waals surface area (Å²) in [6, 6.07) is 1.75. The number of aromatic nitrogens is 2. The number of aryl methyl sites for hydroxylation is 3. The summed E-state index contributed by atoms with van der Waals surface area (Å²) in [6.07, 6.45) is 0. The summed E-state index contributed by atoms with van der Waals surface area (Å²) in [4.78, 5) is 27.2. The predicted molar refractivity (Wildman–Crippen MR) is 81.3 cm³/mol. The molecule has 0 saturated carbocycles. The van der Waals surface area contributed by atoms with Crippen LogP contribution in [0.5, 0.6) is 0 Å². The molecule has 2 rings (SSSR count). The number of hydrogen-bond acceptors (Lipinski definition) is 6. The minimum atomic E-state index is -0.538. The summed E-state index contributed by atoms with van der Waals surface area (Å²) in [7, 11) is 1.71. The topological polar surface area (TPSA) is 84.1 Å². The van der Waals surface area contributed by atoms with Gasteiger partial charge in [-0.05, 0) is 38.4 Å². The molecule has 0 atom stereocenters. The highest BCUT2D eigenvalue weighted by atomic mass is 32.1. The van der Waals surface area contributed by atoms with Gasteiger partial charge in [0.15, 0.2) is 6.61 Å². The third-order valence-corrected chi connectivity index (χ3v) is 4.03. The molecule has 0 saturated heterocycles. The number of esters is 1. The van der Waals surface area contributed by atoms with E-state index in [1.807, 2.05) is 13.8 Å². The van der Waals surface area contributed by atoms with E-state index in [1.165, 1.54) is 11.5 Å². The summed E-state index contributed by atoms with van der Waals surface area (Å²) in [5.74, 6) is -0.763. The van der Waals surface area contributed by atoms with Crippen molar-refractivity contribution in [2.24, 2.45) is 0 Å². The quantitative estimate of drug-likeness (QED) is 0.655. The Balaban J connectivity index is 2.06. The summed E-state index contributed by atoms with van der Waals surface area (Å²) in [5.41, 5.74) is 3.21. The second-order valence-corrected chi connectivity index (χ2v) is 5.49. The highest BCUT2D eigenvalue weighted by Gasteiger charge is 2.21. The molecule has 112 valence electrons. The third kappa shape index (κ3) is 3.13. The van der Waals surface area contributed by atoms with Gasteiger partial charge >= 0.3 is 5.97 Å². The van der Waals surface area contributed by atoms with Crippen LogP contribution in [-0.2, 0) is 4.74 Å². The van der Waals surface area contributed by atoms with E-state index < -0.39 is 5.97 Å². The van der Waals surface area contributed by atoms with E-state index in [2.05, 4.69) is 14.7 Å². The van der Waals surface area contributed by atoms with Crippen molar-refractivity contribution < 1.29 is 14.3 Å². The largest absolute Gasteiger partial charge is 0.454 e. The van der Waals surface area contributed by atoms with Crippen LogP contribution in [0.4, 0.5) is 5.00 Å². The molecule has 0 amide bonds. The molecule has 0 aliphatic carbocycles. The SMILES string of the molecule is CNc1snc(C)c1C(=O)OCC(=O)c1cc(C)[nH]c1C. The number of Topliss-reactive ketones (excluding diaryl/α,β-unsaturated/α-hetero) is 1. The van der Waals surface area contributed by atoms with Gasteiger partial charge < -0.3 is 15.0 Å². The number of carbonyl (C=O) groups excluding carboxylic acids is 2. The molecule has 0 fully saturated rings. The van der Waals surface area contributed by atoms with E-state index >= 15 is 0 Å². The standard InChI is InChI=1S/C14H17N3O3S/c1-7-5-10(8(2)16-7)11(18)6-20-14(19)12-9(3)17-21-13(12)15-4/h5,15-16H,6H2,1-4H3. The fourth-order valence-electron chi connectivity index (χ4n) is 2.08. The van der Waals surface area contributed by atoms with Crippen LogP contribution in [0.3, 0.4) is 0 Å². The Hall–Kier alpha value is -2.15. The Labute approximate surface area is 126 Å². The van der Waals surface area contributed by atoms with Crippen LogP contribution in [-0.4, -0.2) is 34.8 Å². The summed E-state index contributed by atoms with van der Waals surface area (Å²) in [5, 5.41) is 3.53. The molecule has 2 aromatic rings. The van der Waals surface area contributed by atoms with Crippen molar-refractivity contribution in [3.63, 3.8) is 0 Å². The monoisotopic (exact) mass is 307 g/mol. The first kappa shape index (κ1) is 15.2. The van der Waals surface area contributed by atoms with E-state index in [0.717, 1.165) is 11.4 Å². The van der Waals surface area contributed by atoms with Crippen molar-refractivity contribution in [2.45, 2.75) is 20.8 Å². The van der Waals surface area contributed by atoms with Gasteiger partial charge in [-0.2, -0.15) is 4.37 Å². The first-order valence-electron chi connectivity index (χ1n) is 6.44. The Morgan fingerprint density at radius 2 is 2.10 bits per heavy atom. The number of ether oxygens (including phenoxy) is 1. The molecule has 0 radical (unpaired) electrons. The minimum Gasteiger partial charge on any atom is -0.454 e. The van der Waals surface area contributed by atoms with Gasteiger partial charge in [0.05, 0.1) is 5.69 Å². The molecule has 6 nitrogen and oxygen atoms in total. The van der Waals surface area contributed by atoms with Crippen LogP contribution in [0.1, 0.15) is 37.8 Å². The van der Waals surface area contributed by atoms with Crippen LogP contribution >= 0.6 is 11.5 Å². The lowest BCUT2D eigenvalue weighted by atomic mass is 10.1. The molecule has 2 N–H and O–H groups in total. The van der Waals surface area contributed by atoms with Gasteiger partial charge in [0.25, 0.3) is 0 Å². The average Bonchev–Trinajstić information content (AvgIpc) is 2.98. The number of aromatic amines is 1. The van der Waals surface area contributed by atoms with Crippen LogP contribution in [0.15, 0.2) is 6.07 Å². The fraction of sp³-hybridized carbons (Fsp3) is 0.357. The Morgan fingerprint density at radius 1 is 1.38 bits per heavy atom. The Kier molecular flexibility index (Phi) is 4.42. The summed E-state index contributed by atoms with van der Waals surface area (Å²) < 4.78 is 9.21. The zero-order valence-corrected chi connectivity index (χ0v) is 13.2. The van der Waals surface area contributed by atoms with Gasteiger partial charge in [0.2, 0.25) is 5.78 Å². The van der Waals surface area contributed by atoms with Crippen molar-refractivity contribution in [3.8, 4) is 0 Å². The lowest BCUT2D eigenvalue weighted by Gasteiger charge is -2.05. The zero-order valence-electron chi connectivity index (χ0n) is 12.4. The predicted octanol–water partition coefficient (Wildman–Crippen LogP) is 2.48. The number of ketones is 1. The van der Waals surface area contributed by atoms with Gasteiger partial charge in [-0.3, -0.25) is 4.79 Å². The summed E-state index contributed by atoms with van der Waals surface area (Å²) in [6.45, 7) is 5.13. The second kappa shape index (κ2) is 6.09. The number of H-pyrrole nitrogens is 1. The maximum Gasteiger partial charge on any atom is 0.343 e. The van der Waals surface area contributed by atoms with E-state index in [9.17, 15) is 9.59 Å². The maximum absolute atomic E-state index is 12.1. The van der Waals surface area contributed by atoms with Crippen molar-refractivity contribution in [2.75, 3.05) is 19.0 Å². The molecule has 2 heterocycles. The smallest absolute Gasteiger partial charge is 0.343 e. The number of nitrogens with one attached hydrogen (secondary N) is 2. The maximum atomic E-state index is 12.1. The molecular formula is C14H17N3O3S. The summed E-state index contributed by atoms with van der Waals surface area (Å²) >= 11 is 1.19. The third-order valence-electron chi connectivity index (χ3n) is 3.08. The first-order valence-corrected chi connectivity index (χ1v) is 7.22. The lowest BCUT2D eigenvalue weighted by Crippen LogP contribution is -2.15. The van der Waals surface area contributed by atoms with Crippen molar-refractivity contribution in [1.82, 2.24) is 9.36 Å². The molecule has 2 aromatic heterocycles. The van der Waals surface area contributed by atoms with Gasteiger partial charge in [-0.25, -0.2) is 4.79 Å². The number of carbonyl (C=O) groups is 2. The minimum absolute atomic E-state index is 0.225. The number of anilines is 1. The molecule has 0 aliphatic rings. The second-order valence-electron chi connectivity index (χ2n) is 4.71. The normalized spacial score (nSPS) is 10.5. The molecule has 21 heavy (non-hydrogen) atoms. The van der Waals surface area contributed by atoms with E-state index in [0.29, 0.717) is 21.8 Å². The van der Waals surface area contributed by atoms with Crippen molar-refractivity contribution >= 4 is 28.3 Å². The first-order chi connectivity index (χ1) is 9.93. The molecule has 0 spiro atoms. The van der Waals surface area contributed by atoms with Crippen LogP contribution in [0.2, 0.25) is 0 Å². The van der Waals surface area contributed by atoms with Gasteiger partial charge in [0, 0.05) is 24.0 Å². The number of hydrogen-bond donors (Lipinski definition) is 2.